The van der Waals surface area contributed by atoms with Crippen molar-refractivity contribution in [3.8, 4) is 28.3 Å². The number of fused-ring (bicyclic) bond motifs is 3. The van der Waals surface area contributed by atoms with Crippen LogP contribution in [0.3, 0.4) is 0 Å². The SMILES string of the molecule is CCCCCc1ccc2c(c1)Cc1cc(-c3ccc(C#N)c(F)c3)ccc1-2. The van der Waals surface area contributed by atoms with E-state index in [9.17, 15) is 4.39 Å². The Morgan fingerprint density at radius 3 is 2.33 bits per heavy atom. The summed E-state index contributed by atoms with van der Waals surface area (Å²) < 4.78 is 14.0. The number of unbranched alkanes of at least 4 members (excludes halogenated alkanes) is 2. The summed E-state index contributed by atoms with van der Waals surface area (Å²) in [5.41, 5.74) is 8.59. The van der Waals surface area contributed by atoms with Crippen molar-refractivity contribution in [3.05, 3.63) is 82.7 Å². The molecule has 0 bridgehead atoms. The first-order chi connectivity index (χ1) is 13.2. The van der Waals surface area contributed by atoms with Crippen molar-refractivity contribution in [2.75, 3.05) is 0 Å². The van der Waals surface area contributed by atoms with E-state index < -0.39 is 5.82 Å². The molecule has 0 spiro atoms. The zero-order chi connectivity index (χ0) is 18.8. The molecule has 0 radical (unpaired) electrons. The molecule has 134 valence electrons. The zero-order valence-electron chi connectivity index (χ0n) is 15.6. The second-order valence-electron chi connectivity index (χ2n) is 7.30. The van der Waals surface area contributed by atoms with Gasteiger partial charge < -0.3 is 0 Å². The molecule has 0 saturated carbocycles. The van der Waals surface area contributed by atoms with Gasteiger partial charge in [-0.3, -0.25) is 0 Å². The lowest BCUT2D eigenvalue weighted by Crippen LogP contribution is -1.88. The van der Waals surface area contributed by atoms with Gasteiger partial charge in [-0.1, -0.05) is 62.2 Å². The first-order valence-electron chi connectivity index (χ1n) is 9.64. The third-order valence-corrected chi connectivity index (χ3v) is 5.44. The monoisotopic (exact) mass is 355 g/mol. The van der Waals surface area contributed by atoms with Gasteiger partial charge in [0, 0.05) is 0 Å². The van der Waals surface area contributed by atoms with Crippen molar-refractivity contribution in [2.24, 2.45) is 0 Å². The van der Waals surface area contributed by atoms with Crippen LogP contribution in [0.2, 0.25) is 0 Å². The largest absolute Gasteiger partial charge is 0.206 e. The molecule has 1 aliphatic carbocycles. The maximum atomic E-state index is 14.0. The van der Waals surface area contributed by atoms with Gasteiger partial charge in [0.05, 0.1) is 5.56 Å². The quantitative estimate of drug-likeness (QED) is 0.367. The van der Waals surface area contributed by atoms with Crippen LogP contribution in [0.25, 0.3) is 22.3 Å². The maximum absolute atomic E-state index is 14.0. The number of nitrogens with zero attached hydrogens (tertiary/aromatic N) is 1. The van der Waals surface area contributed by atoms with Gasteiger partial charge in [0.15, 0.2) is 0 Å². The lowest BCUT2D eigenvalue weighted by Gasteiger charge is -2.07. The molecule has 0 N–H and O–H groups in total. The van der Waals surface area contributed by atoms with Crippen molar-refractivity contribution in [2.45, 2.75) is 39.0 Å². The summed E-state index contributed by atoms with van der Waals surface area (Å²) in [6.45, 7) is 2.23. The minimum absolute atomic E-state index is 0.0860. The average molecular weight is 355 g/mol. The Balaban J connectivity index is 1.62. The Bertz CT molecular complexity index is 1040. The summed E-state index contributed by atoms with van der Waals surface area (Å²) in [5.74, 6) is -0.462. The molecule has 0 aliphatic heterocycles. The minimum Gasteiger partial charge on any atom is -0.206 e. The molecule has 0 amide bonds. The van der Waals surface area contributed by atoms with Crippen LogP contribution in [0.1, 0.15) is 48.4 Å². The zero-order valence-corrected chi connectivity index (χ0v) is 15.6. The lowest BCUT2D eigenvalue weighted by molar-refractivity contribution is 0.624. The van der Waals surface area contributed by atoms with Crippen LogP contribution in [0, 0.1) is 17.1 Å². The van der Waals surface area contributed by atoms with Crippen LogP contribution in [0.4, 0.5) is 4.39 Å². The van der Waals surface area contributed by atoms with Gasteiger partial charge in [0.25, 0.3) is 0 Å². The number of rotatable bonds is 5. The van der Waals surface area contributed by atoms with E-state index in [2.05, 4.69) is 37.3 Å². The summed E-state index contributed by atoms with van der Waals surface area (Å²) in [6.07, 6.45) is 5.85. The number of halogens is 1. The van der Waals surface area contributed by atoms with Crippen LogP contribution in [0.15, 0.2) is 54.6 Å². The smallest absolute Gasteiger partial charge is 0.141 e. The van der Waals surface area contributed by atoms with Crippen LogP contribution in [-0.2, 0) is 12.8 Å². The Hall–Kier alpha value is -2.92. The van der Waals surface area contributed by atoms with Gasteiger partial charge in [-0.15, -0.1) is 0 Å². The predicted molar refractivity (Wildman–Crippen MR) is 108 cm³/mol. The van der Waals surface area contributed by atoms with E-state index in [1.807, 2.05) is 18.2 Å². The predicted octanol–water partition coefficient (Wildman–Crippen LogP) is 6.67. The molecule has 1 nitrogen and oxygen atoms in total. The van der Waals surface area contributed by atoms with Crippen molar-refractivity contribution < 1.29 is 4.39 Å². The van der Waals surface area contributed by atoms with Crippen molar-refractivity contribution in [1.29, 1.82) is 5.26 Å². The topological polar surface area (TPSA) is 23.8 Å². The normalized spacial score (nSPS) is 11.7. The molecule has 27 heavy (non-hydrogen) atoms. The highest BCUT2D eigenvalue weighted by atomic mass is 19.1. The highest BCUT2D eigenvalue weighted by molar-refractivity contribution is 5.80. The highest BCUT2D eigenvalue weighted by Gasteiger charge is 2.19. The van der Waals surface area contributed by atoms with Crippen LogP contribution >= 0.6 is 0 Å². The maximum Gasteiger partial charge on any atom is 0.141 e. The molecule has 0 saturated heterocycles. The summed E-state index contributed by atoms with van der Waals surface area (Å²) >= 11 is 0. The van der Waals surface area contributed by atoms with Crippen molar-refractivity contribution >= 4 is 0 Å². The van der Waals surface area contributed by atoms with E-state index >= 15 is 0 Å². The molecular weight excluding hydrogens is 333 g/mol. The first-order valence-corrected chi connectivity index (χ1v) is 9.64. The second-order valence-corrected chi connectivity index (χ2v) is 7.30. The van der Waals surface area contributed by atoms with Gasteiger partial charge in [-0.05, 0) is 70.3 Å². The summed E-state index contributed by atoms with van der Waals surface area (Å²) in [5, 5.41) is 8.91. The minimum atomic E-state index is -0.462. The highest BCUT2D eigenvalue weighted by Crippen LogP contribution is 2.39. The lowest BCUT2D eigenvalue weighted by atomic mass is 9.98. The third-order valence-electron chi connectivity index (χ3n) is 5.44. The fourth-order valence-corrected chi connectivity index (χ4v) is 3.96. The number of hydrogen-bond donors (Lipinski definition) is 0. The van der Waals surface area contributed by atoms with Crippen LogP contribution < -0.4 is 0 Å². The molecule has 0 aromatic heterocycles. The number of benzene rings is 3. The number of aryl methyl sites for hydroxylation is 1. The van der Waals surface area contributed by atoms with E-state index in [1.165, 1.54) is 53.1 Å². The molecule has 0 atom stereocenters. The third kappa shape index (κ3) is 3.38. The Morgan fingerprint density at radius 1 is 0.889 bits per heavy atom. The molecule has 2 heteroatoms. The molecule has 1 aliphatic rings. The second kappa shape index (κ2) is 7.37. The first kappa shape index (κ1) is 17.5. The van der Waals surface area contributed by atoms with E-state index in [0.29, 0.717) is 0 Å². The van der Waals surface area contributed by atoms with Crippen LogP contribution in [-0.4, -0.2) is 0 Å². The van der Waals surface area contributed by atoms with Gasteiger partial charge in [0.2, 0.25) is 0 Å². The summed E-state index contributed by atoms with van der Waals surface area (Å²) in [6, 6.07) is 19.9. The van der Waals surface area contributed by atoms with Gasteiger partial charge >= 0.3 is 0 Å². The fraction of sp³-hybridized carbons (Fsp3) is 0.240. The number of hydrogen-bond acceptors (Lipinski definition) is 1. The van der Waals surface area contributed by atoms with Gasteiger partial charge in [-0.2, -0.15) is 5.26 Å². The molecule has 3 aromatic carbocycles. The molecular formula is C25H22FN. The fourth-order valence-electron chi connectivity index (χ4n) is 3.96. The number of nitriles is 1. The van der Waals surface area contributed by atoms with Gasteiger partial charge in [-0.25, -0.2) is 4.39 Å². The van der Waals surface area contributed by atoms with E-state index in [1.54, 1.807) is 6.07 Å². The van der Waals surface area contributed by atoms with E-state index in [-0.39, 0.29) is 5.56 Å². The van der Waals surface area contributed by atoms with E-state index in [0.717, 1.165) is 24.0 Å². The Kier molecular flexibility index (Phi) is 4.77. The van der Waals surface area contributed by atoms with Gasteiger partial charge in [0.1, 0.15) is 11.9 Å². The van der Waals surface area contributed by atoms with Crippen molar-refractivity contribution in [1.82, 2.24) is 0 Å². The van der Waals surface area contributed by atoms with Crippen molar-refractivity contribution in [3.63, 3.8) is 0 Å². The Morgan fingerprint density at radius 2 is 1.59 bits per heavy atom. The molecule has 3 aromatic rings. The summed E-state index contributed by atoms with van der Waals surface area (Å²) in [4.78, 5) is 0. The van der Waals surface area contributed by atoms with Crippen LogP contribution in [0.5, 0.6) is 0 Å². The average Bonchev–Trinajstić information content (AvgIpc) is 3.05. The standard InChI is InChI=1S/C25H22FN/c1-2-3-4-5-17-6-10-23-21(12-17)14-22-13-18(9-11-24(22)23)19-7-8-20(16-27)25(26)15-19/h6-13,15H,2-5,14H2,1H3. The van der Waals surface area contributed by atoms with E-state index in [4.69, 9.17) is 5.26 Å². The Labute approximate surface area is 160 Å². The molecule has 0 unspecified atom stereocenters. The molecule has 4 rings (SSSR count). The molecule has 0 heterocycles. The molecule has 0 fully saturated rings. The summed E-state index contributed by atoms with van der Waals surface area (Å²) in [7, 11) is 0.